The first kappa shape index (κ1) is 20.6. The lowest BCUT2D eigenvalue weighted by Crippen LogP contribution is -2.23. The van der Waals surface area contributed by atoms with Gasteiger partial charge in [0.15, 0.2) is 0 Å². The summed E-state index contributed by atoms with van der Waals surface area (Å²) >= 11 is 0. The van der Waals surface area contributed by atoms with Crippen LogP contribution >= 0.6 is 0 Å². The molecule has 1 amide bonds. The minimum absolute atomic E-state index is 0.0459. The molecule has 0 bridgehead atoms. The number of aryl methyl sites for hydroxylation is 1. The lowest BCUT2D eigenvalue weighted by molar-refractivity contribution is -0.119. The second-order valence-electron chi connectivity index (χ2n) is 7.76. The number of amides is 1. The summed E-state index contributed by atoms with van der Waals surface area (Å²) in [6.45, 7) is 10.4. The topological polar surface area (TPSA) is 60.5 Å². The summed E-state index contributed by atoms with van der Waals surface area (Å²) in [5, 5.41) is 3.90. The van der Waals surface area contributed by atoms with Crippen molar-refractivity contribution in [2.75, 3.05) is 6.61 Å². The Hall–Kier alpha value is -3.08. The molecule has 29 heavy (non-hydrogen) atoms. The zero-order valence-electron chi connectivity index (χ0n) is 17.7. The number of rotatable bonds is 7. The van der Waals surface area contributed by atoms with Crippen molar-refractivity contribution in [3.8, 4) is 17.4 Å². The van der Waals surface area contributed by atoms with Crippen molar-refractivity contribution in [3.63, 3.8) is 0 Å². The first-order chi connectivity index (χ1) is 13.8. The Morgan fingerprint density at radius 1 is 1.07 bits per heavy atom. The Balaban J connectivity index is 1.76. The van der Waals surface area contributed by atoms with Crippen LogP contribution in [0.15, 0.2) is 48.5 Å². The van der Waals surface area contributed by atoms with E-state index in [1.54, 1.807) is 0 Å². The van der Waals surface area contributed by atoms with Crippen molar-refractivity contribution in [3.05, 3.63) is 59.7 Å². The first-order valence-corrected chi connectivity index (χ1v) is 9.91. The molecule has 5 heteroatoms. The molecule has 3 rings (SSSR count). The molecule has 0 fully saturated rings. The third-order valence-electron chi connectivity index (χ3n) is 4.55. The summed E-state index contributed by atoms with van der Waals surface area (Å²) in [6, 6.07) is 15.6. The summed E-state index contributed by atoms with van der Waals surface area (Å²) in [5.41, 5.74) is 2.87. The van der Waals surface area contributed by atoms with E-state index in [-0.39, 0.29) is 11.9 Å². The second kappa shape index (κ2) is 8.95. The highest BCUT2D eigenvalue weighted by Gasteiger charge is 2.10. The van der Waals surface area contributed by atoms with Crippen LogP contribution < -0.4 is 14.8 Å². The Kier molecular flexibility index (Phi) is 6.37. The summed E-state index contributed by atoms with van der Waals surface area (Å²) in [4.78, 5) is 15.9. The van der Waals surface area contributed by atoms with E-state index in [1.807, 2.05) is 62.4 Å². The number of carbonyl (C=O) groups excluding carboxylic acids is 1. The van der Waals surface area contributed by atoms with Crippen LogP contribution in [0.3, 0.4) is 0 Å². The van der Waals surface area contributed by atoms with Gasteiger partial charge in [0.05, 0.1) is 18.2 Å². The van der Waals surface area contributed by atoms with Gasteiger partial charge < -0.3 is 14.8 Å². The monoisotopic (exact) mass is 392 g/mol. The van der Waals surface area contributed by atoms with Crippen LogP contribution in [0.2, 0.25) is 0 Å². The normalized spacial score (nSPS) is 12.1. The van der Waals surface area contributed by atoms with Crippen LogP contribution in [0, 0.1) is 12.8 Å². The first-order valence-electron chi connectivity index (χ1n) is 9.91. The summed E-state index contributed by atoms with van der Waals surface area (Å²) in [7, 11) is 0. The maximum atomic E-state index is 11.3. The Bertz CT molecular complexity index is 1010. The molecular weight excluding hydrogens is 364 g/mol. The zero-order chi connectivity index (χ0) is 21.0. The van der Waals surface area contributed by atoms with E-state index < -0.39 is 0 Å². The van der Waals surface area contributed by atoms with Crippen LogP contribution in [0.4, 0.5) is 0 Å². The standard InChI is InChI=1S/C24H28N2O3/c1-15(2)14-28-21-8-10-23(16(3)12-21)29-24-11-7-20-13-19(6-9-22(20)26-24)17(4)25-18(5)27/h6-13,15,17H,14H2,1-5H3,(H,25,27). The highest BCUT2D eigenvalue weighted by atomic mass is 16.5. The van der Waals surface area contributed by atoms with Gasteiger partial charge in [-0.15, -0.1) is 0 Å². The molecule has 1 atom stereocenters. The molecular formula is C24H28N2O3. The number of nitrogens with zero attached hydrogens (tertiary/aromatic N) is 1. The van der Waals surface area contributed by atoms with Gasteiger partial charge in [-0.3, -0.25) is 4.79 Å². The number of hydrogen-bond donors (Lipinski definition) is 1. The number of fused-ring (bicyclic) bond motifs is 1. The van der Waals surface area contributed by atoms with Crippen LogP contribution in [0.1, 0.15) is 44.9 Å². The molecule has 0 aliphatic carbocycles. The number of ether oxygens (including phenoxy) is 2. The molecule has 0 aliphatic heterocycles. The van der Waals surface area contributed by atoms with Gasteiger partial charge in [0.25, 0.3) is 0 Å². The molecule has 2 aromatic carbocycles. The fourth-order valence-corrected chi connectivity index (χ4v) is 3.04. The Morgan fingerprint density at radius 3 is 2.55 bits per heavy atom. The molecule has 0 radical (unpaired) electrons. The lowest BCUT2D eigenvalue weighted by atomic mass is 10.1. The predicted molar refractivity (Wildman–Crippen MR) is 116 cm³/mol. The highest BCUT2D eigenvalue weighted by Crippen LogP contribution is 2.29. The van der Waals surface area contributed by atoms with Gasteiger partial charge in [-0.1, -0.05) is 19.9 Å². The van der Waals surface area contributed by atoms with Crippen molar-refractivity contribution in [1.29, 1.82) is 0 Å². The quantitative estimate of drug-likeness (QED) is 0.571. The van der Waals surface area contributed by atoms with E-state index in [2.05, 4.69) is 24.1 Å². The molecule has 0 saturated heterocycles. The number of nitrogens with one attached hydrogen (secondary N) is 1. The fourth-order valence-electron chi connectivity index (χ4n) is 3.04. The van der Waals surface area contributed by atoms with Gasteiger partial charge in [-0.05, 0) is 67.3 Å². The average Bonchev–Trinajstić information content (AvgIpc) is 2.67. The van der Waals surface area contributed by atoms with Crippen molar-refractivity contribution >= 4 is 16.8 Å². The average molecular weight is 392 g/mol. The van der Waals surface area contributed by atoms with E-state index in [0.29, 0.717) is 18.4 Å². The van der Waals surface area contributed by atoms with E-state index in [4.69, 9.17) is 9.47 Å². The molecule has 0 spiro atoms. The maximum Gasteiger partial charge on any atom is 0.219 e. The summed E-state index contributed by atoms with van der Waals surface area (Å²) in [5.74, 6) is 2.57. The largest absolute Gasteiger partial charge is 0.493 e. The maximum absolute atomic E-state index is 11.3. The van der Waals surface area contributed by atoms with Crippen molar-refractivity contribution < 1.29 is 14.3 Å². The van der Waals surface area contributed by atoms with Gasteiger partial charge in [0.2, 0.25) is 11.8 Å². The zero-order valence-corrected chi connectivity index (χ0v) is 17.7. The molecule has 0 aliphatic rings. The molecule has 1 aromatic heterocycles. The fraction of sp³-hybridized carbons (Fsp3) is 0.333. The SMILES string of the molecule is CC(=O)NC(C)c1ccc2nc(Oc3ccc(OCC(C)C)cc3C)ccc2c1. The van der Waals surface area contributed by atoms with Gasteiger partial charge >= 0.3 is 0 Å². The van der Waals surface area contributed by atoms with Gasteiger partial charge in [0.1, 0.15) is 11.5 Å². The van der Waals surface area contributed by atoms with E-state index in [1.165, 1.54) is 6.92 Å². The van der Waals surface area contributed by atoms with Crippen molar-refractivity contribution in [2.45, 2.75) is 40.7 Å². The third-order valence-corrected chi connectivity index (χ3v) is 4.55. The molecule has 5 nitrogen and oxygen atoms in total. The summed E-state index contributed by atoms with van der Waals surface area (Å²) in [6.07, 6.45) is 0. The van der Waals surface area contributed by atoms with Gasteiger partial charge in [-0.2, -0.15) is 0 Å². The van der Waals surface area contributed by atoms with Gasteiger partial charge in [-0.25, -0.2) is 4.98 Å². The van der Waals surface area contributed by atoms with Crippen LogP contribution in [0.5, 0.6) is 17.4 Å². The molecule has 3 aromatic rings. The van der Waals surface area contributed by atoms with E-state index in [9.17, 15) is 4.79 Å². The van der Waals surface area contributed by atoms with Gasteiger partial charge in [0, 0.05) is 18.4 Å². The molecule has 152 valence electrons. The number of aromatic nitrogens is 1. The van der Waals surface area contributed by atoms with Crippen molar-refractivity contribution in [2.24, 2.45) is 5.92 Å². The van der Waals surface area contributed by atoms with Crippen LogP contribution in [0.25, 0.3) is 10.9 Å². The molecule has 1 heterocycles. The number of carbonyl (C=O) groups is 1. The number of pyridine rings is 1. The van der Waals surface area contributed by atoms with Crippen LogP contribution in [-0.2, 0) is 4.79 Å². The summed E-state index contributed by atoms with van der Waals surface area (Å²) < 4.78 is 11.8. The minimum atomic E-state index is -0.0492. The smallest absolute Gasteiger partial charge is 0.219 e. The van der Waals surface area contributed by atoms with E-state index in [0.717, 1.165) is 33.5 Å². The predicted octanol–water partition coefficient (Wildman–Crippen LogP) is 5.57. The minimum Gasteiger partial charge on any atom is -0.493 e. The van der Waals surface area contributed by atoms with Crippen molar-refractivity contribution in [1.82, 2.24) is 10.3 Å². The van der Waals surface area contributed by atoms with Crippen LogP contribution in [-0.4, -0.2) is 17.5 Å². The number of benzene rings is 2. The molecule has 0 saturated carbocycles. The molecule has 1 N–H and O–H groups in total. The number of hydrogen-bond acceptors (Lipinski definition) is 4. The lowest BCUT2D eigenvalue weighted by Gasteiger charge is -2.14. The van der Waals surface area contributed by atoms with E-state index >= 15 is 0 Å². The second-order valence-corrected chi connectivity index (χ2v) is 7.76. The Morgan fingerprint density at radius 2 is 1.86 bits per heavy atom. The Labute approximate surface area is 172 Å². The molecule has 1 unspecified atom stereocenters. The third kappa shape index (κ3) is 5.47. The highest BCUT2D eigenvalue weighted by molar-refractivity contribution is 5.80.